The van der Waals surface area contributed by atoms with E-state index in [1.807, 2.05) is 31.2 Å². The zero-order chi connectivity index (χ0) is 20.4. The number of carbonyl (C=O) groups excluding carboxylic acids is 1. The summed E-state index contributed by atoms with van der Waals surface area (Å²) < 4.78 is 5.20. The third-order valence-corrected chi connectivity index (χ3v) is 5.67. The first-order valence-corrected chi connectivity index (χ1v) is 9.15. The van der Waals surface area contributed by atoms with Crippen LogP contribution in [-0.2, 0) is 9.59 Å². The number of hydrogen-bond acceptors (Lipinski definition) is 5. The Kier molecular flexibility index (Phi) is 6.17. The molecule has 1 heterocycles. The van der Waals surface area contributed by atoms with E-state index in [4.69, 9.17) is 4.74 Å². The van der Waals surface area contributed by atoms with Crippen LogP contribution in [0.15, 0.2) is 24.3 Å². The van der Waals surface area contributed by atoms with E-state index in [9.17, 15) is 19.8 Å². The van der Waals surface area contributed by atoms with Gasteiger partial charge in [-0.3, -0.25) is 14.5 Å². The van der Waals surface area contributed by atoms with Gasteiger partial charge in [-0.15, -0.1) is 0 Å². The maximum Gasteiger partial charge on any atom is 0.324 e. The van der Waals surface area contributed by atoms with E-state index in [0.29, 0.717) is 12.2 Å². The second-order valence-corrected chi connectivity index (χ2v) is 7.86. The molecule has 2 rings (SSSR count). The summed E-state index contributed by atoms with van der Waals surface area (Å²) in [5.74, 6) is -1.03. The number of aliphatic carboxylic acids is 1. The second kappa shape index (κ2) is 7.86. The Bertz CT molecular complexity index is 688. The standard InChI is InChI=1S/C20H30N2O5/c1-6-20(18(25)26)11-15(17(24)21-19(2,3)12-23)16(22(20)4)13-7-9-14(27-5)10-8-13/h7-10,15-16,23H,6,11-12H2,1-5H3,(H,21,24)(H,25,26)/t15-,16-,20-/m1/s1. The molecule has 0 bridgehead atoms. The van der Waals surface area contributed by atoms with Crippen LogP contribution in [0.5, 0.6) is 5.75 Å². The SMILES string of the molecule is CC[C@]1(C(=O)O)C[C@@H](C(=O)NC(C)(C)CO)[C@@H](c2ccc(OC)cc2)N1C. The second-order valence-electron chi connectivity index (χ2n) is 7.86. The van der Waals surface area contributed by atoms with E-state index in [-0.39, 0.29) is 25.0 Å². The molecular formula is C20H30N2O5. The minimum absolute atomic E-state index is 0.202. The number of likely N-dealkylation sites (N-methyl/N-ethyl adjacent to an activating group) is 1. The lowest BCUT2D eigenvalue weighted by Crippen LogP contribution is -2.49. The molecule has 1 saturated heterocycles. The van der Waals surface area contributed by atoms with Gasteiger partial charge in [0, 0.05) is 6.04 Å². The van der Waals surface area contributed by atoms with Crippen LogP contribution in [0.1, 0.15) is 45.2 Å². The number of hydrogen-bond donors (Lipinski definition) is 3. The van der Waals surface area contributed by atoms with Crippen molar-refractivity contribution in [3.63, 3.8) is 0 Å². The quantitative estimate of drug-likeness (QED) is 0.669. The van der Waals surface area contributed by atoms with Gasteiger partial charge in [-0.1, -0.05) is 19.1 Å². The van der Waals surface area contributed by atoms with Gasteiger partial charge in [-0.05, 0) is 51.4 Å². The highest BCUT2D eigenvalue weighted by Gasteiger charge is 2.56. The molecule has 150 valence electrons. The van der Waals surface area contributed by atoms with E-state index in [2.05, 4.69) is 5.32 Å². The predicted octanol–water partition coefficient (Wildman–Crippen LogP) is 1.81. The van der Waals surface area contributed by atoms with E-state index in [0.717, 1.165) is 5.56 Å². The highest BCUT2D eigenvalue weighted by molar-refractivity contribution is 5.85. The van der Waals surface area contributed by atoms with E-state index in [1.165, 1.54) is 0 Å². The molecule has 27 heavy (non-hydrogen) atoms. The number of benzene rings is 1. The summed E-state index contributed by atoms with van der Waals surface area (Å²) in [5.41, 5.74) is -1.03. The van der Waals surface area contributed by atoms with Crippen molar-refractivity contribution in [2.45, 2.75) is 50.7 Å². The van der Waals surface area contributed by atoms with Crippen LogP contribution in [-0.4, -0.2) is 58.8 Å². The van der Waals surface area contributed by atoms with Gasteiger partial charge in [-0.25, -0.2) is 0 Å². The Morgan fingerprint density at radius 1 is 1.33 bits per heavy atom. The van der Waals surface area contributed by atoms with Gasteiger partial charge in [0.2, 0.25) is 5.91 Å². The molecule has 0 aliphatic carbocycles. The largest absolute Gasteiger partial charge is 0.497 e. The fraction of sp³-hybridized carbons (Fsp3) is 0.600. The van der Waals surface area contributed by atoms with Gasteiger partial charge >= 0.3 is 5.97 Å². The highest BCUT2D eigenvalue weighted by atomic mass is 16.5. The van der Waals surface area contributed by atoms with Crippen molar-refractivity contribution in [3.8, 4) is 5.75 Å². The Balaban J connectivity index is 2.46. The Morgan fingerprint density at radius 2 is 1.93 bits per heavy atom. The number of nitrogens with zero attached hydrogens (tertiary/aromatic N) is 1. The fourth-order valence-corrected chi connectivity index (χ4v) is 3.90. The normalized spacial score (nSPS) is 26.0. The molecule has 7 nitrogen and oxygen atoms in total. The molecule has 1 aromatic rings. The number of aliphatic hydroxyl groups excluding tert-OH is 1. The van der Waals surface area contributed by atoms with Crippen molar-refractivity contribution >= 4 is 11.9 Å². The molecule has 3 N–H and O–H groups in total. The van der Waals surface area contributed by atoms with Crippen molar-refractivity contribution in [3.05, 3.63) is 29.8 Å². The van der Waals surface area contributed by atoms with Crippen LogP contribution in [0, 0.1) is 5.92 Å². The molecule has 0 radical (unpaired) electrons. The first-order valence-electron chi connectivity index (χ1n) is 9.15. The van der Waals surface area contributed by atoms with E-state index in [1.54, 1.807) is 32.9 Å². The lowest BCUT2D eigenvalue weighted by molar-refractivity contribution is -0.150. The molecule has 0 unspecified atom stereocenters. The molecule has 1 aromatic carbocycles. The number of methoxy groups -OCH3 is 1. The summed E-state index contributed by atoms with van der Waals surface area (Å²) in [4.78, 5) is 26.9. The van der Waals surface area contributed by atoms with Gasteiger partial charge in [0.15, 0.2) is 0 Å². The Labute approximate surface area is 160 Å². The summed E-state index contributed by atoms with van der Waals surface area (Å²) in [6.45, 7) is 5.09. The zero-order valence-electron chi connectivity index (χ0n) is 16.7. The first kappa shape index (κ1) is 21.2. The smallest absolute Gasteiger partial charge is 0.324 e. The number of carboxylic acids is 1. The maximum atomic E-state index is 13.0. The molecular weight excluding hydrogens is 348 g/mol. The van der Waals surface area contributed by atoms with Gasteiger partial charge in [0.25, 0.3) is 0 Å². The summed E-state index contributed by atoms with van der Waals surface area (Å²) >= 11 is 0. The molecule has 0 aromatic heterocycles. The molecule has 0 spiro atoms. The predicted molar refractivity (Wildman–Crippen MR) is 102 cm³/mol. The number of amides is 1. The Morgan fingerprint density at radius 3 is 2.37 bits per heavy atom. The van der Waals surface area contributed by atoms with Crippen LogP contribution < -0.4 is 10.1 Å². The summed E-state index contributed by atoms with van der Waals surface area (Å²) in [7, 11) is 3.34. The average Bonchev–Trinajstić information content (AvgIpc) is 2.95. The Hall–Kier alpha value is -2.12. The van der Waals surface area contributed by atoms with Crippen molar-refractivity contribution in [2.75, 3.05) is 20.8 Å². The number of carbonyl (C=O) groups is 2. The topological polar surface area (TPSA) is 99.1 Å². The number of nitrogens with one attached hydrogen (secondary N) is 1. The molecule has 1 aliphatic rings. The monoisotopic (exact) mass is 378 g/mol. The fourth-order valence-electron chi connectivity index (χ4n) is 3.90. The minimum Gasteiger partial charge on any atom is -0.497 e. The molecule has 1 fully saturated rings. The van der Waals surface area contributed by atoms with Crippen molar-refractivity contribution in [2.24, 2.45) is 5.92 Å². The van der Waals surface area contributed by atoms with Crippen LogP contribution >= 0.6 is 0 Å². The van der Waals surface area contributed by atoms with Crippen LogP contribution in [0.25, 0.3) is 0 Å². The molecule has 7 heteroatoms. The number of rotatable bonds is 7. The molecule has 1 amide bonds. The van der Waals surface area contributed by atoms with Crippen molar-refractivity contribution < 1.29 is 24.5 Å². The van der Waals surface area contributed by atoms with Crippen molar-refractivity contribution in [1.82, 2.24) is 10.2 Å². The lowest BCUT2D eigenvalue weighted by Gasteiger charge is -2.34. The summed E-state index contributed by atoms with van der Waals surface area (Å²) in [6, 6.07) is 6.96. The average molecular weight is 378 g/mol. The molecule has 1 aliphatic heterocycles. The van der Waals surface area contributed by atoms with E-state index < -0.39 is 23.0 Å². The third-order valence-electron chi connectivity index (χ3n) is 5.67. The molecule has 0 saturated carbocycles. The number of likely N-dealkylation sites (tertiary alicyclic amines) is 1. The van der Waals surface area contributed by atoms with Crippen molar-refractivity contribution in [1.29, 1.82) is 0 Å². The zero-order valence-corrected chi connectivity index (χ0v) is 16.7. The lowest BCUT2D eigenvalue weighted by atomic mass is 9.86. The summed E-state index contributed by atoms with van der Waals surface area (Å²) in [5, 5.41) is 22.3. The maximum absolute atomic E-state index is 13.0. The number of aliphatic hydroxyl groups is 1. The summed E-state index contributed by atoms with van der Waals surface area (Å²) in [6.07, 6.45) is 0.595. The van der Waals surface area contributed by atoms with Gasteiger partial charge in [0.05, 0.1) is 25.2 Å². The first-order chi connectivity index (χ1) is 12.6. The highest BCUT2D eigenvalue weighted by Crippen LogP contribution is 2.47. The van der Waals surface area contributed by atoms with Gasteiger partial charge in [-0.2, -0.15) is 0 Å². The van der Waals surface area contributed by atoms with Crippen LogP contribution in [0.3, 0.4) is 0 Å². The number of ether oxygens (including phenoxy) is 1. The van der Waals surface area contributed by atoms with Gasteiger partial charge in [0.1, 0.15) is 11.3 Å². The molecule has 3 atom stereocenters. The van der Waals surface area contributed by atoms with Crippen LogP contribution in [0.2, 0.25) is 0 Å². The minimum atomic E-state index is -1.12. The van der Waals surface area contributed by atoms with E-state index >= 15 is 0 Å². The third kappa shape index (κ3) is 3.94. The number of carboxylic acid groups (broad SMARTS) is 1. The van der Waals surface area contributed by atoms with Gasteiger partial charge < -0.3 is 20.3 Å². The van der Waals surface area contributed by atoms with Crippen LogP contribution in [0.4, 0.5) is 0 Å².